The minimum absolute atomic E-state index is 0.120. The molecule has 0 spiro atoms. The Bertz CT molecular complexity index is 1540. The first-order valence-corrected chi connectivity index (χ1v) is 11.1. The van der Waals surface area contributed by atoms with Gasteiger partial charge in [0.15, 0.2) is 23.0 Å². The van der Waals surface area contributed by atoms with Crippen LogP contribution in [0.1, 0.15) is 54.8 Å². The average molecular weight is 428 g/mol. The predicted octanol–water partition coefficient (Wildman–Crippen LogP) is 6.65. The van der Waals surface area contributed by atoms with E-state index in [4.69, 9.17) is 13.8 Å². The highest BCUT2D eigenvalue weighted by atomic mass is 16.4. The summed E-state index contributed by atoms with van der Waals surface area (Å²) in [5.74, 6) is 0.294. The number of hydrogen-bond donors (Lipinski definition) is 2. The molecule has 0 unspecified atom stereocenters. The zero-order valence-corrected chi connectivity index (χ0v) is 18.5. The van der Waals surface area contributed by atoms with Crippen LogP contribution in [0, 0.1) is 6.92 Å². The molecule has 32 heavy (non-hydrogen) atoms. The summed E-state index contributed by atoms with van der Waals surface area (Å²) in [4.78, 5) is 4.89. The maximum absolute atomic E-state index is 9.88. The Morgan fingerprint density at radius 3 is 2.69 bits per heavy atom. The number of aromatic nitrogens is 1. The van der Waals surface area contributed by atoms with Crippen molar-refractivity contribution in [2.45, 2.75) is 51.9 Å². The van der Waals surface area contributed by atoms with E-state index in [2.05, 4.69) is 26.0 Å². The molecule has 3 aromatic carbocycles. The maximum atomic E-state index is 9.88. The molecule has 5 nitrogen and oxygen atoms in total. The molecule has 6 rings (SSSR count). The molecule has 1 aliphatic rings. The van der Waals surface area contributed by atoms with Gasteiger partial charge in [0.05, 0.1) is 11.6 Å². The molecule has 0 bridgehead atoms. The Morgan fingerprint density at radius 1 is 1.03 bits per heavy atom. The lowest BCUT2D eigenvalue weighted by atomic mass is 9.71. The average Bonchev–Trinajstić information content (AvgIpc) is 3.33. The number of furan rings is 1. The van der Waals surface area contributed by atoms with Gasteiger partial charge in [0.2, 0.25) is 0 Å². The van der Waals surface area contributed by atoms with E-state index >= 15 is 0 Å². The van der Waals surface area contributed by atoms with Crippen LogP contribution in [0.15, 0.2) is 45.4 Å². The van der Waals surface area contributed by atoms with Crippen LogP contribution in [0.4, 0.5) is 0 Å². The topological polar surface area (TPSA) is 79.6 Å². The molecule has 2 aromatic heterocycles. The minimum Gasteiger partial charge on any atom is -0.504 e. The lowest BCUT2D eigenvalue weighted by molar-refractivity contribution is 0.403. The van der Waals surface area contributed by atoms with Crippen LogP contribution < -0.4 is 0 Å². The Morgan fingerprint density at radius 2 is 1.88 bits per heavy atom. The van der Waals surface area contributed by atoms with Crippen LogP contribution in [-0.2, 0) is 18.3 Å². The third-order valence-corrected chi connectivity index (χ3v) is 7.02. The molecule has 162 valence electrons. The molecule has 0 atom stereocenters. The highest BCUT2D eigenvalue weighted by Crippen LogP contribution is 2.45. The van der Waals surface area contributed by atoms with E-state index in [1.165, 1.54) is 23.6 Å². The van der Waals surface area contributed by atoms with Crippen LogP contribution in [0.3, 0.4) is 0 Å². The lowest BCUT2D eigenvalue weighted by Crippen LogP contribution is -2.23. The largest absolute Gasteiger partial charge is 0.504 e. The molecule has 0 fully saturated rings. The van der Waals surface area contributed by atoms with Gasteiger partial charge < -0.3 is 19.0 Å². The third kappa shape index (κ3) is 2.67. The standard InChI is InChI=1S/C27H25NO4/c1-14-13-31-25-17-7-8-18-16(5-4-10-27(18,2)3)23(17)26-24(22(14)25)28-21(32-26)12-15-6-9-19(29)20(30)11-15/h6-9,11,13,29-30H,4-5,10,12H2,1-3H3. The van der Waals surface area contributed by atoms with Crippen LogP contribution in [0.5, 0.6) is 11.5 Å². The first-order valence-electron chi connectivity index (χ1n) is 11.1. The Balaban J connectivity index is 1.66. The number of aryl methyl sites for hydroxylation is 2. The molecule has 5 aromatic rings. The molecule has 2 N–H and O–H groups in total. The van der Waals surface area contributed by atoms with Crippen molar-refractivity contribution in [3.8, 4) is 11.5 Å². The third-order valence-electron chi connectivity index (χ3n) is 7.02. The van der Waals surface area contributed by atoms with Gasteiger partial charge in [0, 0.05) is 17.2 Å². The number of rotatable bonds is 2. The summed E-state index contributed by atoms with van der Waals surface area (Å²) in [7, 11) is 0. The zero-order chi connectivity index (χ0) is 22.2. The first kappa shape index (κ1) is 19.2. The van der Waals surface area contributed by atoms with Gasteiger partial charge in [0.1, 0.15) is 11.1 Å². The maximum Gasteiger partial charge on any atom is 0.199 e. The predicted molar refractivity (Wildman–Crippen MR) is 125 cm³/mol. The second-order valence-corrected chi connectivity index (χ2v) is 9.66. The van der Waals surface area contributed by atoms with Crippen molar-refractivity contribution < 1.29 is 19.0 Å². The van der Waals surface area contributed by atoms with Gasteiger partial charge in [-0.05, 0) is 66.0 Å². The molecule has 0 saturated heterocycles. The summed E-state index contributed by atoms with van der Waals surface area (Å²) in [6.07, 6.45) is 5.53. The van der Waals surface area contributed by atoms with E-state index < -0.39 is 0 Å². The van der Waals surface area contributed by atoms with Gasteiger partial charge in [-0.2, -0.15) is 0 Å². The summed E-state index contributed by atoms with van der Waals surface area (Å²) in [5.41, 5.74) is 7.18. The number of nitrogens with zero attached hydrogens (tertiary/aromatic N) is 1. The fourth-order valence-electron chi connectivity index (χ4n) is 5.40. The Labute approximate surface area is 185 Å². The van der Waals surface area contributed by atoms with Crippen LogP contribution in [0.25, 0.3) is 32.8 Å². The number of fused-ring (bicyclic) bond motifs is 8. The second-order valence-electron chi connectivity index (χ2n) is 9.66. The van der Waals surface area contributed by atoms with Gasteiger partial charge in [-0.1, -0.05) is 32.0 Å². The zero-order valence-electron chi connectivity index (χ0n) is 18.5. The number of aromatic hydroxyl groups is 2. The fourth-order valence-corrected chi connectivity index (χ4v) is 5.40. The van der Waals surface area contributed by atoms with Crippen molar-refractivity contribution >= 4 is 32.8 Å². The molecular weight excluding hydrogens is 402 g/mol. The van der Waals surface area contributed by atoms with Gasteiger partial charge in [-0.3, -0.25) is 0 Å². The number of phenols is 2. The molecule has 0 radical (unpaired) electrons. The highest BCUT2D eigenvalue weighted by Gasteiger charge is 2.31. The van der Waals surface area contributed by atoms with Crippen molar-refractivity contribution in [2.24, 2.45) is 0 Å². The molecule has 2 heterocycles. The Kier molecular flexibility index (Phi) is 3.92. The van der Waals surface area contributed by atoms with Crippen LogP contribution in [-0.4, -0.2) is 15.2 Å². The highest BCUT2D eigenvalue weighted by molar-refractivity contribution is 6.22. The van der Waals surface area contributed by atoms with Crippen molar-refractivity contribution in [3.63, 3.8) is 0 Å². The van der Waals surface area contributed by atoms with Gasteiger partial charge in [-0.25, -0.2) is 4.98 Å². The van der Waals surface area contributed by atoms with E-state index in [0.29, 0.717) is 12.3 Å². The summed E-state index contributed by atoms with van der Waals surface area (Å²) >= 11 is 0. The number of oxazole rings is 1. The van der Waals surface area contributed by atoms with Crippen molar-refractivity contribution in [2.75, 3.05) is 0 Å². The Hall–Kier alpha value is -3.47. The smallest absolute Gasteiger partial charge is 0.199 e. The normalized spacial score (nSPS) is 15.6. The van der Waals surface area contributed by atoms with Crippen LogP contribution >= 0.6 is 0 Å². The van der Waals surface area contributed by atoms with Crippen molar-refractivity contribution in [1.29, 1.82) is 0 Å². The van der Waals surface area contributed by atoms with E-state index in [1.54, 1.807) is 18.4 Å². The van der Waals surface area contributed by atoms with Crippen molar-refractivity contribution in [3.05, 3.63) is 64.7 Å². The lowest BCUT2D eigenvalue weighted by Gasteiger charge is -2.33. The fraction of sp³-hybridized carbons (Fsp3) is 0.296. The molecule has 5 heteroatoms. The number of benzene rings is 3. The second kappa shape index (κ2) is 6.52. The summed E-state index contributed by atoms with van der Waals surface area (Å²) in [6, 6.07) is 9.23. The molecular formula is C27H25NO4. The van der Waals surface area contributed by atoms with Gasteiger partial charge >= 0.3 is 0 Å². The molecule has 0 aliphatic heterocycles. The van der Waals surface area contributed by atoms with Gasteiger partial charge in [0.25, 0.3) is 0 Å². The first-order chi connectivity index (χ1) is 15.3. The molecule has 1 aliphatic carbocycles. The van der Waals surface area contributed by atoms with E-state index in [-0.39, 0.29) is 16.9 Å². The van der Waals surface area contributed by atoms with E-state index in [0.717, 1.165) is 56.8 Å². The number of hydrogen-bond acceptors (Lipinski definition) is 5. The van der Waals surface area contributed by atoms with Gasteiger partial charge in [-0.15, -0.1) is 0 Å². The SMILES string of the molecule is Cc1coc2c3ccc4c(c3c3oc(Cc5ccc(O)c(O)c5)nc3c12)CCCC4(C)C. The summed E-state index contributed by atoms with van der Waals surface area (Å²) in [5, 5.41) is 22.7. The quantitative estimate of drug-likeness (QED) is 0.308. The number of phenolic OH excluding ortho intramolecular Hbond substituents is 2. The molecule has 0 amide bonds. The van der Waals surface area contributed by atoms with E-state index in [1.807, 2.05) is 6.92 Å². The van der Waals surface area contributed by atoms with E-state index in [9.17, 15) is 10.2 Å². The summed E-state index contributed by atoms with van der Waals surface area (Å²) in [6.45, 7) is 6.66. The summed E-state index contributed by atoms with van der Waals surface area (Å²) < 4.78 is 12.5. The minimum atomic E-state index is -0.145. The van der Waals surface area contributed by atoms with Crippen molar-refractivity contribution in [1.82, 2.24) is 4.98 Å². The molecule has 0 saturated carbocycles. The monoisotopic (exact) mass is 427 g/mol. The van der Waals surface area contributed by atoms with Crippen LogP contribution in [0.2, 0.25) is 0 Å².